The van der Waals surface area contributed by atoms with Crippen molar-refractivity contribution in [2.75, 3.05) is 7.11 Å². The molecule has 0 saturated heterocycles. The lowest BCUT2D eigenvalue weighted by molar-refractivity contribution is -0.133. The predicted molar refractivity (Wildman–Crippen MR) is 47.5 cm³/mol. The van der Waals surface area contributed by atoms with Crippen LogP contribution in [0.5, 0.6) is 0 Å². The maximum Gasteiger partial charge on any atom is 0.340 e. The van der Waals surface area contributed by atoms with E-state index in [0.29, 0.717) is 5.56 Å². The minimum atomic E-state index is -0.672. The van der Waals surface area contributed by atoms with Crippen LogP contribution >= 0.6 is 0 Å². The topological polar surface area (TPSA) is 26.3 Å². The molecular formula is C10H9FO2. The summed E-state index contributed by atoms with van der Waals surface area (Å²) in [4.78, 5) is 11.0. The summed E-state index contributed by atoms with van der Waals surface area (Å²) in [5.41, 5.74) is 0.444. The Balaban J connectivity index is 3.00. The molecule has 3 heteroatoms. The van der Waals surface area contributed by atoms with Crippen molar-refractivity contribution in [3.8, 4) is 0 Å². The lowest BCUT2D eigenvalue weighted by Crippen LogP contribution is -2.03. The van der Waals surface area contributed by atoms with E-state index in [4.69, 9.17) is 0 Å². The van der Waals surface area contributed by atoms with Crippen molar-refractivity contribution < 1.29 is 13.9 Å². The number of benzene rings is 1. The summed E-state index contributed by atoms with van der Waals surface area (Å²) < 4.78 is 16.7. The molecule has 0 aromatic heterocycles. The first-order valence-electron chi connectivity index (χ1n) is 3.73. The average molecular weight is 180 g/mol. The molecule has 68 valence electrons. The van der Waals surface area contributed by atoms with Gasteiger partial charge in [0.2, 0.25) is 0 Å². The number of methoxy groups -OCH3 is 1. The Kier molecular flexibility index (Phi) is 3.20. The zero-order chi connectivity index (χ0) is 9.68. The van der Waals surface area contributed by atoms with Gasteiger partial charge in [-0.1, -0.05) is 30.3 Å². The highest BCUT2D eigenvalue weighted by Gasteiger charge is 2.11. The van der Waals surface area contributed by atoms with Crippen LogP contribution in [0.2, 0.25) is 0 Å². The van der Waals surface area contributed by atoms with Gasteiger partial charge in [-0.25, -0.2) is 9.18 Å². The molecular weight excluding hydrogens is 171 g/mol. The molecule has 0 bridgehead atoms. The lowest BCUT2D eigenvalue weighted by Gasteiger charge is -2.02. The van der Waals surface area contributed by atoms with Gasteiger partial charge in [-0.2, -0.15) is 0 Å². The number of hydrogen-bond donors (Lipinski definition) is 0. The van der Waals surface area contributed by atoms with Crippen LogP contribution in [0.4, 0.5) is 4.39 Å². The Morgan fingerprint density at radius 3 is 2.46 bits per heavy atom. The van der Waals surface area contributed by atoms with E-state index in [1.165, 1.54) is 7.11 Å². The van der Waals surface area contributed by atoms with Crippen molar-refractivity contribution in [3.05, 3.63) is 42.2 Å². The van der Waals surface area contributed by atoms with Gasteiger partial charge in [0.05, 0.1) is 12.7 Å². The number of halogens is 1. The third-order valence-electron chi connectivity index (χ3n) is 1.60. The van der Waals surface area contributed by atoms with Crippen molar-refractivity contribution >= 4 is 11.5 Å². The molecule has 0 amide bonds. The largest absolute Gasteiger partial charge is 0.465 e. The SMILES string of the molecule is COC(=O)/C(=C/F)c1ccccc1. The quantitative estimate of drug-likeness (QED) is 0.515. The fraction of sp³-hybridized carbons (Fsp3) is 0.100. The normalized spacial score (nSPS) is 11.1. The van der Waals surface area contributed by atoms with Crippen LogP contribution < -0.4 is 0 Å². The number of carbonyl (C=O) groups is 1. The Morgan fingerprint density at radius 2 is 2.00 bits per heavy atom. The number of esters is 1. The zero-order valence-electron chi connectivity index (χ0n) is 7.16. The Morgan fingerprint density at radius 1 is 1.38 bits per heavy atom. The van der Waals surface area contributed by atoms with Crippen molar-refractivity contribution in [1.29, 1.82) is 0 Å². The van der Waals surface area contributed by atoms with E-state index in [0.717, 1.165) is 0 Å². The molecule has 0 saturated carbocycles. The summed E-state index contributed by atoms with van der Waals surface area (Å²) in [6.07, 6.45) is 0.251. The number of ether oxygens (including phenoxy) is 1. The first-order valence-corrected chi connectivity index (χ1v) is 3.73. The highest BCUT2D eigenvalue weighted by molar-refractivity contribution is 6.16. The van der Waals surface area contributed by atoms with E-state index in [-0.39, 0.29) is 11.9 Å². The van der Waals surface area contributed by atoms with Gasteiger partial charge in [0.25, 0.3) is 0 Å². The van der Waals surface area contributed by atoms with E-state index < -0.39 is 5.97 Å². The standard InChI is InChI=1S/C10H9FO2/c1-13-10(12)9(7-11)8-5-3-2-4-6-8/h2-7H,1H3/b9-7+. The van der Waals surface area contributed by atoms with Crippen LogP contribution in [0.1, 0.15) is 5.56 Å². The fourth-order valence-electron chi connectivity index (χ4n) is 0.953. The van der Waals surface area contributed by atoms with Crippen molar-refractivity contribution in [3.63, 3.8) is 0 Å². The molecule has 0 aliphatic carbocycles. The van der Waals surface area contributed by atoms with E-state index >= 15 is 0 Å². The van der Waals surface area contributed by atoms with Crippen molar-refractivity contribution in [2.45, 2.75) is 0 Å². The Bertz CT molecular complexity index is 317. The summed E-state index contributed by atoms with van der Waals surface area (Å²) in [6.45, 7) is 0. The van der Waals surface area contributed by atoms with Crippen LogP contribution in [-0.2, 0) is 9.53 Å². The summed E-state index contributed by atoms with van der Waals surface area (Å²) in [7, 11) is 1.22. The molecule has 0 spiro atoms. The molecule has 2 nitrogen and oxygen atoms in total. The summed E-state index contributed by atoms with van der Waals surface area (Å²) in [6, 6.07) is 8.52. The van der Waals surface area contributed by atoms with Gasteiger partial charge < -0.3 is 4.74 Å². The zero-order valence-corrected chi connectivity index (χ0v) is 7.16. The molecule has 0 unspecified atom stereocenters. The number of carbonyl (C=O) groups excluding carboxylic acids is 1. The van der Waals surface area contributed by atoms with E-state index in [2.05, 4.69) is 4.74 Å². The molecule has 0 heterocycles. The minimum Gasteiger partial charge on any atom is -0.465 e. The van der Waals surface area contributed by atoms with Gasteiger partial charge in [-0.05, 0) is 5.56 Å². The maximum absolute atomic E-state index is 12.3. The molecule has 1 aromatic carbocycles. The van der Waals surface area contributed by atoms with Gasteiger partial charge in [-0.15, -0.1) is 0 Å². The van der Waals surface area contributed by atoms with Crippen molar-refractivity contribution in [2.24, 2.45) is 0 Å². The van der Waals surface area contributed by atoms with Crippen LogP contribution in [0.3, 0.4) is 0 Å². The highest BCUT2D eigenvalue weighted by Crippen LogP contribution is 2.15. The molecule has 13 heavy (non-hydrogen) atoms. The van der Waals surface area contributed by atoms with Crippen molar-refractivity contribution in [1.82, 2.24) is 0 Å². The molecule has 0 atom stereocenters. The first kappa shape index (κ1) is 9.45. The molecule has 0 radical (unpaired) electrons. The Hall–Kier alpha value is -1.64. The Labute approximate surface area is 75.6 Å². The monoisotopic (exact) mass is 180 g/mol. The number of rotatable bonds is 2. The summed E-state index contributed by atoms with van der Waals surface area (Å²) in [5.74, 6) is -0.672. The minimum absolute atomic E-state index is 0.0666. The molecule has 0 fully saturated rings. The highest BCUT2D eigenvalue weighted by atomic mass is 19.1. The van der Waals surface area contributed by atoms with Gasteiger partial charge in [0.15, 0.2) is 0 Å². The maximum atomic E-state index is 12.3. The van der Waals surface area contributed by atoms with Gasteiger partial charge in [0, 0.05) is 0 Å². The average Bonchev–Trinajstić information content (AvgIpc) is 2.20. The molecule has 1 rings (SSSR count). The smallest absolute Gasteiger partial charge is 0.340 e. The van der Waals surface area contributed by atoms with Gasteiger partial charge >= 0.3 is 5.97 Å². The van der Waals surface area contributed by atoms with Crippen LogP contribution in [0.25, 0.3) is 5.57 Å². The molecule has 0 aliphatic rings. The summed E-state index contributed by atoms with van der Waals surface area (Å²) in [5, 5.41) is 0. The second-order valence-electron chi connectivity index (χ2n) is 2.38. The predicted octanol–water partition coefficient (Wildman–Crippen LogP) is 2.17. The lowest BCUT2D eigenvalue weighted by atomic mass is 10.1. The second-order valence-corrected chi connectivity index (χ2v) is 2.38. The van der Waals surface area contributed by atoms with E-state index in [9.17, 15) is 9.18 Å². The van der Waals surface area contributed by atoms with E-state index in [1.807, 2.05) is 0 Å². The van der Waals surface area contributed by atoms with Gasteiger partial charge in [0.1, 0.15) is 6.33 Å². The fourth-order valence-corrected chi connectivity index (χ4v) is 0.953. The summed E-state index contributed by atoms with van der Waals surface area (Å²) >= 11 is 0. The first-order chi connectivity index (χ1) is 6.29. The second kappa shape index (κ2) is 4.40. The number of hydrogen-bond acceptors (Lipinski definition) is 2. The molecule has 1 aromatic rings. The van der Waals surface area contributed by atoms with Gasteiger partial charge in [-0.3, -0.25) is 0 Å². The van der Waals surface area contributed by atoms with Crippen LogP contribution in [0, 0.1) is 0 Å². The third kappa shape index (κ3) is 2.15. The molecule has 0 N–H and O–H groups in total. The van der Waals surface area contributed by atoms with Crippen LogP contribution in [0.15, 0.2) is 36.7 Å². The van der Waals surface area contributed by atoms with E-state index in [1.54, 1.807) is 30.3 Å². The molecule has 0 aliphatic heterocycles. The third-order valence-corrected chi connectivity index (χ3v) is 1.60. The van der Waals surface area contributed by atoms with Crippen LogP contribution in [-0.4, -0.2) is 13.1 Å².